The van der Waals surface area contributed by atoms with E-state index in [-0.39, 0.29) is 0 Å². The largest absolute Gasteiger partial charge is 0.495 e. The summed E-state index contributed by atoms with van der Waals surface area (Å²) in [5, 5.41) is 6.31. The second kappa shape index (κ2) is 4.13. The number of rotatable bonds is 2. The van der Waals surface area contributed by atoms with Gasteiger partial charge in [0.2, 0.25) is 0 Å². The van der Waals surface area contributed by atoms with Gasteiger partial charge in [-0.3, -0.25) is 5.10 Å². The Kier molecular flexibility index (Phi) is 2.82. The van der Waals surface area contributed by atoms with Crippen LogP contribution < -0.4 is 10.5 Å². The molecule has 0 aliphatic carbocycles. The molecule has 0 radical (unpaired) electrons. The summed E-state index contributed by atoms with van der Waals surface area (Å²) in [6, 6.07) is 2.92. The predicted molar refractivity (Wildman–Crippen MR) is 62.6 cm³/mol. The highest BCUT2D eigenvalue weighted by Gasteiger charge is 2.18. The van der Waals surface area contributed by atoms with Crippen molar-refractivity contribution in [2.45, 2.75) is 0 Å². The van der Waals surface area contributed by atoms with Crippen LogP contribution in [0.4, 0.5) is 10.2 Å². The lowest BCUT2D eigenvalue weighted by molar-refractivity contribution is 0.411. The fraction of sp³-hybridized carbons (Fsp3) is 0.100. The monoisotopic (exact) mass is 285 g/mol. The number of nitrogens with zero attached hydrogens (tertiary/aromatic N) is 1. The van der Waals surface area contributed by atoms with E-state index in [0.717, 1.165) is 0 Å². The number of benzene rings is 1. The summed E-state index contributed by atoms with van der Waals surface area (Å²) in [7, 11) is 1.47. The molecule has 0 atom stereocenters. The zero-order chi connectivity index (χ0) is 11.7. The van der Waals surface area contributed by atoms with Gasteiger partial charge in [-0.25, -0.2) is 4.39 Å². The van der Waals surface area contributed by atoms with E-state index in [2.05, 4.69) is 26.1 Å². The quantitative estimate of drug-likeness (QED) is 0.891. The van der Waals surface area contributed by atoms with Gasteiger partial charge in [0.05, 0.1) is 28.9 Å². The highest BCUT2D eigenvalue weighted by atomic mass is 79.9. The van der Waals surface area contributed by atoms with Crippen LogP contribution in [-0.2, 0) is 0 Å². The van der Waals surface area contributed by atoms with Gasteiger partial charge in [0.25, 0.3) is 0 Å². The maximum Gasteiger partial charge on any atom is 0.144 e. The normalized spacial score (nSPS) is 10.4. The van der Waals surface area contributed by atoms with Crippen LogP contribution in [0.15, 0.2) is 22.8 Å². The number of halogens is 2. The molecule has 0 bridgehead atoms. The smallest absolute Gasteiger partial charge is 0.144 e. The minimum atomic E-state index is -0.409. The van der Waals surface area contributed by atoms with Crippen LogP contribution in [0.5, 0.6) is 5.75 Å². The number of nitrogens with one attached hydrogen (secondary N) is 1. The Labute approximate surface area is 99.7 Å². The molecule has 0 saturated heterocycles. The second-order valence-corrected chi connectivity index (χ2v) is 3.99. The van der Waals surface area contributed by atoms with Crippen molar-refractivity contribution in [3.8, 4) is 16.9 Å². The summed E-state index contributed by atoms with van der Waals surface area (Å²) in [6.07, 6.45) is 1.46. The topological polar surface area (TPSA) is 63.9 Å². The van der Waals surface area contributed by atoms with E-state index in [0.29, 0.717) is 27.2 Å². The SMILES string of the molecule is COc1c(Br)ccc(F)c1-c1cn[nH]c1N. The molecule has 0 unspecified atom stereocenters. The van der Waals surface area contributed by atoms with E-state index in [1.165, 1.54) is 19.4 Å². The van der Waals surface area contributed by atoms with Crippen molar-refractivity contribution >= 4 is 21.7 Å². The molecule has 0 fully saturated rings. The Morgan fingerprint density at radius 3 is 2.81 bits per heavy atom. The number of hydrogen-bond donors (Lipinski definition) is 2. The van der Waals surface area contributed by atoms with Gasteiger partial charge in [0.1, 0.15) is 17.4 Å². The molecule has 0 aliphatic heterocycles. The van der Waals surface area contributed by atoms with E-state index < -0.39 is 5.82 Å². The number of aromatic amines is 1. The third-order valence-corrected chi connectivity index (χ3v) is 2.83. The maximum absolute atomic E-state index is 13.8. The third-order valence-electron chi connectivity index (χ3n) is 2.20. The lowest BCUT2D eigenvalue weighted by atomic mass is 10.1. The Balaban J connectivity index is 2.73. The molecule has 1 aromatic heterocycles. The first kappa shape index (κ1) is 10.9. The van der Waals surface area contributed by atoms with Crippen LogP contribution in [0, 0.1) is 5.82 Å². The van der Waals surface area contributed by atoms with Crippen LogP contribution in [0.1, 0.15) is 0 Å². The Morgan fingerprint density at radius 2 is 2.25 bits per heavy atom. The van der Waals surface area contributed by atoms with Crippen molar-refractivity contribution in [1.82, 2.24) is 10.2 Å². The van der Waals surface area contributed by atoms with Crippen molar-refractivity contribution in [3.63, 3.8) is 0 Å². The van der Waals surface area contributed by atoms with Gasteiger partial charge in [0, 0.05) is 0 Å². The zero-order valence-corrected chi connectivity index (χ0v) is 10.0. The Hall–Kier alpha value is -1.56. The number of ether oxygens (including phenoxy) is 1. The summed E-state index contributed by atoms with van der Waals surface area (Å²) < 4.78 is 19.6. The van der Waals surface area contributed by atoms with Gasteiger partial charge in [-0.1, -0.05) is 0 Å². The van der Waals surface area contributed by atoms with E-state index in [1.54, 1.807) is 6.07 Å². The third kappa shape index (κ3) is 1.65. The molecule has 1 heterocycles. The number of hydrogen-bond acceptors (Lipinski definition) is 3. The average molecular weight is 286 g/mol. The van der Waals surface area contributed by atoms with E-state index in [1.807, 2.05) is 0 Å². The first-order chi connectivity index (χ1) is 7.65. The summed E-state index contributed by atoms with van der Waals surface area (Å²) in [5.74, 6) is 0.288. The van der Waals surface area contributed by atoms with Crippen molar-refractivity contribution < 1.29 is 9.13 Å². The first-order valence-corrected chi connectivity index (χ1v) is 5.25. The van der Waals surface area contributed by atoms with Gasteiger partial charge < -0.3 is 10.5 Å². The summed E-state index contributed by atoms with van der Waals surface area (Å²) in [5.41, 5.74) is 6.44. The molecular formula is C10H9BrFN3O. The van der Waals surface area contributed by atoms with Crippen molar-refractivity contribution in [3.05, 3.63) is 28.6 Å². The molecular weight excluding hydrogens is 277 g/mol. The fourth-order valence-electron chi connectivity index (χ4n) is 1.48. The highest BCUT2D eigenvalue weighted by molar-refractivity contribution is 9.10. The molecule has 1 aromatic carbocycles. The molecule has 6 heteroatoms. The molecule has 0 amide bonds. The van der Waals surface area contributed by atoms with Gasteiger partial charge in [0.15, 0.2) is 0 Å². The Morgan fingerprint density at radius 1 is 1.50 bits per heavy atom. The molecule has 16 heavy (non-hydrogen) atoms. The molecule has 0 aliphatic rings. The summed E-state index contributed by atoms with van der Waals surface area (Å²) in [6.45, 7) is 0. The van der Waals surface area contributed by atoms with E-state index >= 15 is 0 Å². The molecule has 0 spiro atoms. The number of nitrogens with two attached hydrogens (primary N) is 1. The highest BCUT2D eigenvalue weighted by Crippen LogP contribution is 2.39. The van der Waals surface area contributed by atoms with Crippen molar-refractivity contribution in [1.29, 1.82) is 0 Å². The number of methoxy groups -OCH3 is 1. The van der Waals surface area contributed by atoms with Crippen molar-refractivity contribution in [2.75, 3.05) is 12.8 Å². The molecule has 2 aromatic rings. The zero-order valence-electron chi connectivity index (χ0n) is 8.42. The minimum absolute atomic E-state index is 0.295. The van der Waals surface area contributed by atoms with E-state index in [9.17, 15) is 4.39 Å². The molecule has 84 valence electrons. The van der Waals surface area contributed by atoms with Crippen molar-refractivity contribution in [2.24, 2.45) is 0 Å². The lowest BCUT2D eigenvalue weighted by Gasteiger charge is -2.10. The molecule has 2 rings (SSSR count). The van der Waals surface area contributed by atoms with Crippen LogP contribution in [0.3, 0.4) is 0 Å². The van der Waals surface area contributed by atoms with Gasteiger partial charge in [-0.15, -0.1) is 0 Å². The summed E-state index contributed by atoms with van der Waals surface area (Å²) in [4.78, 5) is 0. The Bertz CT molecular complexity index is 527. The standard InChI is InChI=1S/C10H9BrFN3O/c1-16-9-6(11)2-3-7(12)8(9)5-4-14-15-10(5)13/h2-4H,1H3,(H3,13,14,15). The van der Waals surface area contributed by atoms with Crippen LogP contribution in [-0.4, -0.2) is 17.3 Å². The second-order valence-electron chi connectivity index (χ2n) is 3.13. The van der Waals surface area contributed by atoms with Gasteiger partial charge in [-0.2, -0.15) is 5.10 Å². The molecule has 4 nitrogen and oxygen atoms in total. The maximum atomic E-state index is 13.8. The van der Waals surface area contributed by atoms with Crippen LogP contribution >= 0.6 is 15.9 Å². The number of H-pyrrole nitrogens is 1. The average Bonchev–Trinajstić information content (AvgIpc) is 2.67. The fourth-order valence-corrected chi connectivity index (χ4v) is 1.97. The number of nitrogen functional groups attached to an aromatic ring is 1. The number of aromatic nitrogens is 2. The van der Waals surface area contributed by atoms with Crippen LogP contribution in [0.25, 0.3) is 11.1 Å². The first-order valence-electron chi connectivity index (χ1n) is 4.46. The lowest BCUT2D eigenvalue weighted by Crippen LogP contribution is -1.95. The van der Waals surface area contributed by atoms with Gasteiger partial charge in [-0.05, 0) is 28.1 Å². The number of anilines is 1. The minimum Gasteiger partial charge on any atom is -0.495 e. The molecule has 3 N–H and O–H groups in total. The molecule has 0 saturated carbocycles. The van der Waals surface area contributed by atoms with Crippen LogP contribution in [0.2, 0.25) is 0 Å². The van der Waals surface area contributed by atoms with Gasteiger partial charge >= 0.3 is 0 Å². The van der Waals surface area contributed by atoms with E-state index in [4.69, 9.17) is 10.5 Å². The summed E-state index contributed by atoms with van der Waals surface area (Å²) >= 11 is 3.29. The predicted octanol–water partition coefficient (Wildman–Crippen LogP) is 2.57.